The summed E-state index contributed by atoms with van der Waals surface area (Å²) in [6.45, 7) is 5.47. The summed E-state index contributed by atoms with van der Waals surface area (Å²) in [4.78, 5) is 0. The van der Waals surface area contributed by atoms with E-state index in [4.69, 9.17) is 0 Å². The van der Waals surface area contributed by atoms with Gasteiger partial charge in [0.1, 0.15) is 0 Å². The lowest BCUT2D eigenvalue weighted by atomic mass is 9.99. The predicted octanol–water partition coefficient (Wildman–Crippen LogP) is 6.61. The zero-order valence-corrected chi connectivity index (χ0v) is 15.9. The van der Waals surface area contributed by atoms with Gasteiger partial charge in [-0.1, -0.05) is 84.2 Å². The third kappa shape index (κ3) is 7.24. The smallest absolute Gasteiger partial charge is 0.0320 e. The molecule has 0 heterocycles. The lowest BCUT2D eigenvalue weighted by Crippen LogP contribution is -2.20. The third-order valence-corrected chi connectivity index (χ3v) is 4.50. The normalized spacial score (nSPS) is 12.6. The van der Waals surface area contributed by atoms with Gasteiger partial charge in [-0.25, -0.2) is 0 Å². The van der Waals surface area contributed by atoms with E-state index < -0.39 is 0 Å². The first kappa shape index (κ1) is 18.2. The highest BCUT2D eigenvalue weighted by Gasteiger charge is 2.11. The van der Waals surface area contributed by atoms with E-state index >= 15 is 0 Å². The van der Waals surface area contributed by atoms with Crippen LogP contribution in [0.5, 0.6) is 0 Å². The van der Waals surface area contributed by atoms with Crippen molar-refractivity contribution in [3.8, 4) is 0 Å². The molecule has 0 bridgehead atoms. The van der Waals surface area contributed by atoms with Gasteiger partial charge in [-0.15, -0.1) is 0 Å². The highest BCUT2D eigenvalue weighted by Crippen LogP contribution is 2.27. The van der Waals surface area contributed by atoms with E-state index in [-0.39, 0.29) is 0 Å². The van der Waals surface area contributed by atoms with Crippen molar-refractivity contribution in [2.75, 3.05) is 6.54 Å². The molecule has 0 amide bonds. The minimum atomic E-state index is 0.472. The Morgan fingerprint density at radius 2 is 1.50 bits per heavy atom. The fourth-order valence-corrected chi connectivity index (χ4v) is 3.87. The molecule has 114 valence electrons. The lowest BCUT2D eigenvalue weighted by Gasteiger charge is -2.19. The second-order valence-electron chi connectivity index (χ2n) is 5.37. The average Bonchev–Trinajstić information content (AvgIpc) is 2.40. The molecule has 20 heavy (non-hydrogen) atoms. The van der Waals surface area contributed by atoms with Gasteiger partial charge < -0.3 is 5.32 Å². The Balaban J connectivity index is 2.47. The summed E-state index contributed by atoms with van der Waals surface area (Å²) in [5, 5.41) is 3.61. The maximum absolute atomic E-state index is 3.61. The van der Waals surface area contributed by atoms with Crippen LogP contribution < -0.4 is 5.32 Å². The summed E-state index contributed by atoms with van der Waals surface area (Å²) in [6.07, 6.45) is 9.38. The molecule has 1 aromatic carbocycles. The second-order valence-corrected chi connectivity index (χ2v) is 7.20. The highest BCUT2D eigenvalue weighted by molar-refractivity contribution is 9.11. The molecule has 1 N–H and O–H groups in total. The van der Waals surface area contributed by atoms with Crippen LogP contribution in [0.4, 0.5) is 0 Å². The Bertz CT molecular complexity index is 359. The second kappa shape index (κ2) is 10.8. The van der Waals surface area contributed by atoms with Crippen LogP contribution in [0.15, 0.2) is 27.1 Å². The number of hydrogen-bond donors (Lipinski definition) is 1. The number of hydrogen-bond acceptors (Lipinski definition) is 1. The van der Waals surface area contributed by atoms with Crippen LogP contribution in [0.3, 0.4) is 0 Å². The van der Waals surface area contributed by atoms with Gasteiger partial charge in [0.05, 0.1) is 0 Å². The molecule has 0 aliphatic heterocycles. The van der Waals surface area contributed by atoms with Crippen LogP contribution in [0, 0.1) is 0 Å². The first-order valence-corrected chi connectivity index (χ1v) is 9.45. The van der Waals surface area contributed by atoms with Crippen molar-refractivity contribution in [1.29, 1.82) is 0 Å². The van der Waals surface area contributed by atoms with Crippen LogP contribution in [0.1, 0.15) is 70.4 Å². The Labute approximate surface area is 141 Å². The number of rotatable bonds is 10. The van der Waals surface area contributed by atoms with E-state index in [1.807, 2.05) is 0 Å². The Morgan fingerprint density at radius 1 is 0.900 bits per heavy atom. The lowest BCUT2D eigenvalue weighted by molar-refractivity contribution is 0.476. The van der Waals surface area contributed by atoms with Gasteiger partial charge in [0.25, 0.3) is 0 Å². The molecule has 0 saturated carbocycles. The molecular formula is C17H27Br2N. The molecule has 0 fully saturated rings. The van der Waals surface area contributed by atoms with Crippen molar-refractivity contribution < 1.29 is 0 Å². The zero-order valence-electron chi connectivity index (χ0n) is 12.7. The molecule has 3 heteroatoms. The molecular weight excluding hydrogens is 378 g/mol. The van der Waals surface area contributed by atoms with E-state index in [1.54, 1.807) is 0 Å². The first-order valence-electron chi connectivity index (χ1n) is 7.86. The van der Waals surface area contributed by atoms with Crippen LogP contribution in [0.2, 0.25) is 0 Å². The van der Waals surface area contributed by atoms with Gasteiger partial charge in [0, 0.05) is 15.0 Å². The maximum atomic E-state index is 3.61. The number of unbranched alkanes of at least 4 members (excludes halogenated alkanes) is 5. The predicted molar refractivity (Wildman–Crippen MR) is 96.3 cm³/mol. The minimum absolute atomic E-state index is 0.472. The summed E-state index contributed by atoms with van der Waals surface area (Å²) >= 11 is 7.17. The molecule has 1 rings (SSSR count). The molecule has 1 atom stereocenters. The van der Waals surface area contributed by atoms with Gasteiger partial charge in [-0.2, -0.15) is 0 Å². The maximum Gasteiger partial charge on any atom is 0.0320 e. The van der Waals surface area contributed by atoms with Crippen LogP contribution in [-0.2, 0) is 0 Å². The average molecular weight is 405 g/mol. The number of nitrogens with one attached hydrogen (secondary N) is 1. The summed E-state index contributed by atoms with van der Waals surface area (Å²) in [5.74, 6) is 0. The minimum Gasteiger partial charge on any atom is -0.310 e. The molecule has 0 radical (unpaired) electrons. The van der Waals surface area contributed by atoms with Crippen molar-refractivity contribution >= 4 is 31.9 Å². The van der Waals surface area contributed by atoms with E-state index in [0.717, 1.165) is 15.5 Å². The van der Waals surface area contributed by atoms with Crippen molar-refractivity contribution in [2.24, 2.45) is 0 Å². The van der Waals surface area contributed by atoms with Gasteiger partial charge in [-0.05, 0) is 36.7 Å². The van der Waals surface area contributed by atoms with Gasteiger partial charge in [0.15, 0.2) is 0 Å². The quantitative estimate of drug-likeness (QED) is 0.432. The van der Waals surface area contributed by atoms with Crippen molar-refractivity contribution in [3.05, 3.63) is 32.7 Å². The standard InChI is InChI=1S/C17H27Br2N/c1-3-5-6-7-8-9-10-17(20-4-2)14-11-15(18)13-16(19)12-14/h11-13,17,20H,3-10H2,1-2H3. The molecule has 0 aromatic heterocycles. The van der Waals surface area contributed by atoms with E-state index in [2.05, 4.69) is 69.2 Å². The zero-order chi connectivity index (χ0) is 14.8. The van der Waals surface area contributed by atoms with Crippen molar-refractivity contribution in [2.45, 2.75) is 64.8 Å². The summed E-state index contributed by atoms with van der Waals surface area (Å²) in [5.41, 5.74) is 1.38. The van der Waals surface area contributed by atoms with Crippen LogP contribution in [0.25, 0.3) is 0 Å². The summed E-state index contributed by atoms with van der Waals surface area (Å²) in [6, 6.07) is 7.03. The Kier molecular flexibility index (Phi) is 9.83. The molecule has 0 aliphatic carbocycles. The van der Waals surface area contributed by atoms with Gasteiger partial charge in [-0.3, -0.25) is 0 Å². The topological polar surface area (TPSA) is 12.0 Å². The number of halogens is 2. The van der Waals surface area contributed by atoms with E-state index in [1.165, 1.54) is 50.5 Å². The monoisotopic (exact) mass is 403 g/mol. The molecule has 1 nitrogen and oxygen atoms in total. The fraction of sp³-hybridized carbons (Fsp3) is 0.647. The van der Waals surface area contributed by atoms with Crippen LogP contribution >= 0.6 is 31.9 Å². The molecule has 1 aromatic rings. The van der Waals surface area contributed by atoms with E-state index in [0.29, 0.717) is 6.04 Å². The van der Waals surface area contributed by atoms with Gasteiger partial charge >= 0.3 is 0 Å². The SMILES string of the molecule is CCCCCCCCC(NCC)c1cc(Br)cc(Br)c1. The fourth-order valence-electron chi connectivity index (χ4n) is 2.54. The van der Waals surface area contributed by atoms with Crippen molar-refractivity contribution in [3.63, 3.8) is 0 Å². The van der Waals surface area contributed by atoms with Gasteiger partial charge in [0.2, 0.25) is 0 Å². The highest BCUT2D eigenvalue weighted by atomic mass is 79.9. The molecule has 0 saturated heterocycles. The summed E-state index contributed by atoms with van der Waals surface area (Å²) in [7, 11) is 0. The number of benzene rings is 1. The summed E-state index contributed by atoms with van der Waals surface area (Å²) < 4.78 is 2.29. The third-order valence-electron chi connectivity index (χ3n) is 3.58. The van der Waals surface area contributed by atoms with E-state index in [9.17, 15) is 0 Å². The first-order chi connectivity index (χ1) is 9.67. The molecule has 1 unspecified atom stereocenters. The Hall–Kier alpha value is 0.140. The van der Waals surface area contributed by atoms with Crippen LogP contribution in [-0.4, -0.2) is 6.54 Å². The van der Waals surface area contributed by atoms with Crippen molar-refractivity contribution in [1.82, 2.24) is 5.32 Å². The molecule has 0 aliphatic rings. The largest absolute Gasteiger partial charge is 0.310 e. The molecule has 0 spiro atoms. The Morgan fingerprint density at radius 3 is 2.10 bits per heavy atom.